The van der Waals surface area contributed by atoms with Crippen LogP contribution in [0, 0.1) is 0 Å². The minimum atomic E-state index is 0. The summed E-state index contributed by atoms with van der Waals surface area (Å²) in [5, 5.41) is 3.74. The van der Waals surface area contributed by atoms with Gasteiger partial charge in [-0.3, -0.25) is 0 Å². The Hall–Kier alpha value is -1.74. The molecule has 0 bridgehead atoms. The van der Waals surface area contributed by atoms with Crippen LogP contribution in [0.4, 0.5) is 11.4 Å². The second-order valence-electron chi connectivity index (χ2n) is 13.2. The first-order chi connectivity index (χ1) is 20.7. The normalized spacial score (nSPS) is 11.7. The van der Waals surface area contributed by atoms with E-state index in [0.29, 0.717) is 0 Å². The average molecular weight is 736 g/mol. The molecule has 0 atom stereocenters. The number of halogens is 1. The van der Waals surface area contributed by atoms with Gasteiger partial charge in [-0.15, -0.1) is 35.3 Å². The van der Waals surface area contributed by atoms with E-state index in [-0.39, 0.29) is 24.0 Å². The number of benzene rings is 2. The maximum atomic E-state index is 5.31. The molecular weight excluding hydrogens is 673 g/mol. The van der Waals surface area contributed by atoms with Crippen LogP contribution >= 0.6 is 35.3 Å². The quantitative estimate of drug-likeness (QED) is 0.0618. The summed E-state index contributed by atoms with van der Waals surface area (Å²) in [6.07, 6.45) is 23.1. The Morgan fingerprint density at radius 2 is 1.23 bits per heavy atom. The van der Waals surface area contributed by atoms with Gasteiger partial charge < -0.3 is 9.80 Å². The third-order valence-corrected chi connectivity index (χ3v) is 9.68. The van der Waals surface area contributed by atoms with Gasteiger partial charge in [0.2, 0.25) is 10.7 Å². The van der Waals surface area contributed by atoms with Gasteiger partial charge in [0.05, 0.1) is 31.5 Å². The zero-order chi connectivity index (χ0) is 31.4. The standard InChI is InChI=1S/C37H61N5S.HI/c1-10-11-12-13-14-15-16-17-18-19-20-21-22-23-24-25-30-34(40(4)5)33-37(36(42(8)9)35(30)41(6)7)43-32-28-29(39(2)3)26-27-31(32)38-33;/h25-28H,10-24H2,1-9H3;1H/q+2;. The van der Waals surface area contributed by atoms with Crippen molar-refractivity contribution in [3.63, 3.8) is 0 Å². The highest BCUT2D eigenvalue weighted by atomic mass is 127. The molecule has 0 spiro atoms. The molecule has 1 aromatic heterocycles. The first-order valence-electron chi connectivity index (χ1n) is 17.0. The third kappa shape index (κ3) is 10.7. The molecule has 0 saturated heterocycles. The summed E-state index contributed by atoms with van der Waals surface area (Å²) in [7, 11) is 17.2. The number of fused-ring (bicyclic) bond motifs is 2. The average Bonchev–Trinajstić information content (AvgIpc) is 2.96. The summed E-state index contributed by atoms with van der Waals surface area (Å²) in [6.45, 7) is 2.30. The van der Waals surface area contributed by atoms with Crippen molar-refractivity contribution in [3.05, 3.63) is 34.1 Å². The lowest BCUT2D eigenvalue weighted by atomic mass is 10.0. The monoisotopic (exact) mass is 735 g/mol. The lowest BCUT2D eigenvalue weighted by Crippen LogP contribution is -2.41. The van der Waals surface area contributed by atoms with Crippen LogP contribution < -0.4 is 34.9 Å². The van der Waals surface area contributed by atoms with Gasteiger partial charge in [-0.2, -0.15) is 0 Å². The molecule has 3 rings (SSSR count). The Labute approximate surface area is 289 Å². The molecule has 5 nitrogen and oxygen atoms in total. The minimum Gasteiger partial charge on any atom is -0.375 e. The van der Waals surface area contributed by atoms with Crippen LogP contribution in [0.25, 0.3) is 26.5 Å². The smallest absolute Gasteiger partial charge is 0.236 e. The van der Waals surface area contributed by atoms with Crippen molar-refractivity contribution in [2.45, 2.75) is 103 Å². The summed E-state index contributed by atoms with van der Waals surface area (Å²) >= 11 is 1.86. The van der Waals surface area contributed by atoms with E-state index in [0.717, 1.165) is 17.5 Å². The molecule has 3 aromatic rings. The molecule has 1 heterocycles. The lowest BCUT2D eigenvalue weighted by molar-refractivity contribution is 0.537. The Morgan fingerprint density at radius 1 is 0.705 bits per heavy atom. The molecule has 0 aliphatic rings. The summed E-state index contributed by atoms with van der Waals surface area (Å²) in [4.78, 5) is 9.89. The Balaban J connectivity index is 0.00000675. The van der Waals surface area contributed by atoms with Crippen molar-refractivity contribution in [1.82, 2.24) is 14.1 Å². The molecular formula is C37H62IN5S+2. The van der Waals surface area contributed by atoms with E-state index < -0.39 is 0 Å². The largest absolute Gasteiger partial charge is 0.375 e. The summed E-state index contributed by atoms with van der Waals surface area (Å²) in [5.41, 5.74) is 4.70. The maximum absolute atomic E-state index is 5.31. The van der Waals surface area contributed by atoms with Crippen LogP contribution in [0.2, 0.25) is 0 Å². The van der Waals surface area contributed by atoms with Crippen LogP contribution in [-0.2, 0) is 0 Å². The molecule has 246 valence electrons. The van der Waals surface area contributed by atoms with E-state index in [1.165, 1.54) is 127 Å². The molecule has 0 unspecified atom stereocenters. The molecule has 0 aliphatic carbocycles. The van der Waals surface area contributed by atoms with Gasteiger partial charge in [-0.25, -0.2) is 14.1 Å². The van der Waals surface area contributed by atoms with Gasteiger partial charge in [-0.05, 0) is 18.9 Å². The number of hydrogen-bond acceptors (Lipinski definition) is 4. The minimum absolute atomic E-state index is 0. The van der Waals surface area contributed by atoms with Crippen LogP contribution in [0.5, 0.6) is 0 Å². The van der Waals surface area contributed by atoms with Gasteiger partial charge >= 0.3 is 0 Å². The fraction of sp³-hybridized carbons (Fsp3) is 0.649. The second-order valence-corrected chi connectivity index (χ2v) is 14.2. The Bertz CT molecular complexity index is 1520. The van der Waals surface area contributed by atoms with Crippen molar-refractivity contribution in [2.75, 3.05) is 66.2 Å². The van der Waals surface area contributed by atoms with Crippen molar-refractivity contribution in [1.29, 1.82) is 0 Å². The first-order valence-corrected chi connectivity index (χ1v) is 17.8. The summed E-state index contributed by atoms with van der Waals surface area (Å²) in [5.74, 6) is 0. The van der Waals surface area contributed by atoms with Crippen LogP contribution in [0.1, 0.15) is 103 Å². The van der Waals surface area contributed by atoms with E-state index in [1.807, 2.05) is 11.3 Å². The molecule has 0 radical (unpaired) electrons. The predicted molar refractivity (Wildman–Crippen MR) is 210 cm³/mol. The number of anilines is 2. The zero-order valence-electron chi connectivity index (χ0n) is 29.5. The van der Waals surface area contributed by atoms with Crippen LogP contribution in [-0.4, -0.2) is 61.4 Å². The van der Waals surface area contributed by atoms with Gasteiger partial charge in [0.1, 0.15) is 28.2 Å². The summed E-state index contributed by atoms with van der Waals surface area (Å²) in [6, 6.07) is 6.62. The molecule has 0 amide bonds. The zero-order valence-corrected chi connectivity index (χ0v) is 32.6. The van der Waals surface area contributed by atoms with Gasteiger partial charge in [0.25, 0.3) is 0 Å². The van der Waals surface area contributed by atoms with Crippen LogP contribution in [0.3, 0.4) is 0 Å². The molecule has 0 aliphatic heterocycles. The topological polar surface area (TPSA) is 25.4 Å². The second kappa shape index (κ2) is 19.7. The van der Waals surface area contributed by atoms with Crippen molar-refractivity contribution in [2.24, 2.45) is 0 Å². The predicted octanol–water partition coefficient (Wildman–Crippen LogP) is 7.63. The fourth-order valence-corrected chi connectivity index (χ4v) is 7.41. The lowest BCUT2D eigenvalue weighted by Gasteiger charge is -2.24. The van der Waals surface area contributed by atoms with Gasteiger partial charge in [0.15, 0.2) is 5.52 Å². The van der Waals surface area contributed by atoms with Crippen molar-refractivity contribution < 1.29 is 0 Å². The maximum Gasteiger partial charge on any atom is 0.236 e. The van der Waals surface area contributed by atoms with Gasteiger partial charge in [-0.1, -0.05) is 96.5 Å². The molecule has 7 heteroatoms. The number of nitrogens with zero attached hydrogens (tertiary/aromatic N) is 5. The van der Waals surface area contributed by atoms with Crippen molar-refractivity contribution in [3.8, 4) is 0 Å². The molecule has 2 aromatic carbocycles. The molecule has 0 fully saturated rings. The number of hydrogen-bond donors (Lipinski definition) is 0. The third-order valence-electron chi connectivity index (χ3n) is 8.54. The highest BCUT2D eigenvalue weighted by molar-refractivity contribution is 14.0. The highest BCUT2D eigenvalue weighted by Crippen LogP contribution is 2.35. The fourth-order valence-electron chi connectivity index (χ4n) is 6.18. The number of aromatic nitrogens is 1. The SMILES string of the molecule is CCCCCCCCCCCCCCCCC=c1c(N(C)C)c(N(C)C)c2sc3cc(=[N+](C)C)ccc3nc2c1=[N+](C)C.I. The molecule has 0 N–H and O–H groups in total. The Morgan fingerprint density at radius 3 is 1.70 bits per heavy atom. The molecule has 0 saturated carbocycles. The van der Waals surface area contributed by atoms with Crippen molar-refractivity contribution >= 4 is 73.2 Å². The number of unbranched alkanes of at least 4 members (excludes halogenated alkanes) is 14. The van der Waals surface area contributed by atoms with E-state index in [1.54, 1.807) is 0 Å². The van der Waals surface area contributed by atoms with E-state index >= 15 is 0 Å². The van der Waals surface area contributed by atoms with Gasteiger partial charge in [0, 0.05) is 40.3 Å². The van der Waals surface area contributed by atoms with E-state index in [4.69, 9.17) is 4.98 Å². The highest BCUT2D eigenvalue weighted by Gasteiger charge is 2.22. The Kier molecular flexibility index (Phi) is 17.2. The van der Waals surface area contributed by atoms with E-state index in [9.17, 15) is 0 Å². The number of rotatable bonds is 17. The van der Waals surface area contributed by atoms with E-state index in [2.05, 4.69) is 107 Å². The van der Waals surface area contributed by atoms with Crippen LogP contribution in [0.15, 0.2) is 18.2 Å². The molecule has 44 heavy (non-hydrogen) atoms. The summed E-state index contributed by atoms with van der Waals surface area (Å²) < 4.78 is 6.89. The first kappa shape index (κ1) is 38.4.